The Hall–Kier alpha value is -1.26. The number of amides is 1. The summed E-state index contributed by atoms with van der Waals surface area (Å²) >= 11 is 6.16. The normalized spacial score (nSPS) is 16.6. The van der Waals surface area contributed by atoms with E-state index in [1.165, 1.54) is 0 Å². The Kier molecular flexibility index (Phi) is 3.86. The number of hydrogen-bond donors (Lipinski definition) is 2. The van der Waals surface area contributed by atoms with Crippen molar-refractivity contribution in [2.24, 2.45) is 0 Å². The molecule has 0 aromatic heterocycles. The van der Waals surface area contributed by atoms with E-state index in [-0.39, 0.29) is 19.1 Å². The lowest BCUT2D eigenvalue weighted by Gasteiger charge is -2.24. The van der Waals surface area contributed by atoms with Gasteiger partial charge in [0.1, 0.15) is 0 Å². The Balaban J connectivity index is 2.34. The molecule has 1 amide bonds. The van der Waals surface area contributed by atoms with Crippen molar-refractivity contribution in [3.63, 3.8) is 0 Å². The molecule has 0 unspecified atom stereocenters. The molecular formula is C12H15ClN2O2. The first-order chi connectivity index (χ1) is 8.22. The third-order valence-corrected chi connectivity index (χ3v) is 3.12. The average molecular weight is 255 g/mol. The van der Waals surface area contributed by atoms with Gasteiger partial charge in [0, 0.05) is 18.7 Å². The number of nitrogens with one attached hydrogen (secondary N) is 1. The number of carbonyl (C=O) groups is 1. The zero-order chi connectivity index (χ0) is 12.3. The Labute approximate surface area is 105 Å². The van der Waals surface area contributed by atoms with Gasteiger partial charge in [0.05, 0.1) is 23.9 Å². The fourth-order valence-corrected chi connectivity index (χ4v) is 2.35. The molecule has 0 saturated carbocycles. The Bertz CT molecular complexity index is 423. The SMILES string of the molecule is O=C1CN(c2c(Cl)cccc2CO)CCCN1. The third-order valence-electron chi connectivity index (χ3n) is 2.82. The average Bonchev–Trinajstić information content (AvgIpc) is 2.53. The minimum atomic E-state index is -0.0754. The van der Waals surface area contributed by atoms with Gasteiger partial charge < -0.3 is 15.3 Å². The van der Waals surface area contributed by atoms with E-state index in [1.807, 2.05) is 11.0 Å². The number of aliphatic hydroxyl groups is 1. The van der Waals surface area contributed by atoms with Gasteiger partial charge in [-0.2, -0.15) is 0 Å². The first-order valence-corrected chi connectivity index (χ1v) is 6.00. The second-order valence-corrected chi connectivity index (χ2v) is 4.44. The Morgan fingerprint density at radius 3 is 3.06 bits per heavy atom. The van der Waals surface area contributed by atoms with Crippen LogP contribution in [-0.4, -0.2) is 30.6 Å². The van der Waals surface area contributed by atoms with Crippen LogP contribution in [0.3, 0.4) is 0 Å². The Morgan fingerprint density at radius 2 is 2.29 bits per heavy atom. The highest BCUT2D eigenvalue weighted by atomic mass is 35.5. The van der Waals surface area contributed by atoms with E-state index in [0.29, 0.717) is 11.6 Å². The van der Waals surface area contributed by atoms with Crippen molar-refractivity contribution in [3.05, 3.63) is 28.8 Å². The predicted octanol–water partition coefficient (Wildman–Crippen LogP) is 1.16. The largest absolute Gasteiger partial charge is 0.392 e. The lowest BCUT2D eigenvalue weighted by molar-refractivity contribution is -0.119. The van der Waals surface area contributed by atoms with Crippen LogP contribution in [0, 0.1) is 0 Å². The molecule has 4 nitrogen and oxygen atoms in total. The van der Waals surface area contributed by atoms with Crippen LogP contribution in [0.5, 0.6) is 0 Å². The van der Waals surface area contributed by atoms with Crippen molar-refractivity contribution in [2.75, 3.05) is 24.5 Å². The van der Waals surface area contributed by atoms with Crippen LogP contribution < -0.4 is 10.2 Å². The van der Waals surface area contributed by atoms with E-state index in [0.717, 1.165) is 24.2 Å². The van der Waals surface area contributed by atoms with E-state index in [9.17, 15) is 9.90 Å². The maximum Gasteiger partial charge on any atom is 0.239 e. The molecule has 1 aliphatic rings. The molecule has 0 spiro atoms. The molecule has 1 aliphatic heterocycles. The minimum Gasteiger partial charge on any atom is -0.392 e. The molecule has 1 aromatic carbocycles. The number of aliphatic hydroxyl groups excluding tert-OH is 1. The predicted molar refractivity (Wildman–Crippen MR) is 67.2 cm³/mol. The molecule has 5 heteroatoms. The summed E-state index contributed by atoms with van der Waals surface area (Å²) in [6.07, 6.45) is 0.877. The van der Waals surface area contributed by atoms with Crippen molar-refractivity contribution in [1.29, 1.82) is 0 Å². The van der Waals surface area contributed by atoms with Gasteiger partial charge in [0.25, 0.3) is 0 Å². The third kappa shape index (κ3) is 2.70. The highest BCUT2D eigenvalue weighted by molar-refractivity contribution is 6.33. The minimum absolute atomic E-state index is 0.00805. The van der Waals surface area contributed by atoms with Crippen LogP contribution in [0.2, 0.25) is 5.02 Å². The summed E-state index contributed by atoms with van der Waals surface area (Å²) in [4.78, 5) is 13.4. The number of rotatable bonds is 2. The van der Waals surface area contributed by atoms with Crippen molar-refractivity contribution >= 4 is 23.2 Å². The summed E-state index contributed by atoms with van der Waals surface area (Å²) in [5, 5.41) is 12.7. The number of benzene rings is 1. The number of nitrogens with zero attached hydrogens (tertiary/aromatic N) is 1. The van der Waals surface area contributed by atoms with Gasteiger partial charge >= 0.3 is 0 Å². The lowest BCUT2D eigenvalue weighted by atomic mass is 10.1. The maximum atomic E-state index is 11.5. The summed E-state index contributed by atoms with van der Waals surface area (Å²) in [5.41, 5.74) is 1.53. The molecule has 17 heavy (non-hydrogen) atoms. The Morgan fingerprint density at radius 1 is 1.47 bits per heavy atom. The van der Waals surface area contributed by atoms with Crippen LogP contribution in [0.15, 0.2) is 18.2 Å². The molecule has 0 atom stereocenters. The summed E-state index contributed by atoms with van der Waals surface area (Å²) in [6.45, 7) is 1.66. The van der Waals surface area contributed by atoms with E-state index in [4.69, 9.17) is 11.6 Å². The van der Waals surface area contributed by atoms with Crippen LogP contribution in [-0.2, 0) is 11.4 Å². The van der Waals surface area contributed by atoms with Crippen LogP contribution >= 0.6 is 11.6 Å². The summed E-state index contributed by atoms with van der Waals surface area (Å²) in [7, 11) is 0. The van der Waals surface area contributed by atoms with Crippen LogP contribution in [0.1, 0.15) is 12.0 Å². The quantitative estimate of drug-likeness (QED) is 0.833. The monoisotopic (exact) mass is 254 g/mol. The zero-order valence-electron chi connectivity index (χ0n) is 9.45. The number of hydrogen-bond acceptors (Lipinski definition) is 3. The van der Waals surface area contributed by atoms with Crippen LogP contribution in [0.25, 0.3) is 0 Å². The highest BCUT2D eigenvalue weighted by Crippen LogP contribution is 2.30. The molecule has 1 aromatic rings. The van der Waals surface area contributed by atoms with Gasteiger partial charge in [-0.05, 0) is 12.5 Å². The second kappa shape index (κ2) is 5.38. The highest BCUT2D eigenvalue weighted by Gasteiger charge is 2.19. The topological polar surface area (TPSA) is 52.6 Å². The van der Waals surface area contributed by atoms with Crippen molar-refractivity contribution in [3.8, 4) is 0 Å². The standard InChI is InChI=1S/C12H15ClN2O2/c13-10-4-1-3-9(8-16)12(10)15-6-2-5-14-11(17)7-15/h1,3-4,16H,2,5-8H2,(H,14,17). The molecule has 2 rings (SSSR count). The maximum absolute atomic E-state index is 11.5. The van der Waals surface area contributed by atoms with Gasteiger partial charge in [0.2, 0.25) is 5.91 Å². The molecule has 2 N–H and O–H groups in total. The summed E-state index contributed by atoms with van der Waals surface area (Å²) in [6, 6.07) is 5.40. The van der Waals surface area contributed by atoms with Gasteiger partial charge in [-0.25, -0.2) is 0 Å². The molecule has 1 saturated heterocycles. The van der Waals surface area contributed by atoms with Crippen molar-refractivity contribution in [2.45, 2.75) is 13.0 Å². The molecule has 0 aliphatic carbocycles. The van der Waals surface area contributed by atoms with E-state index in [2.05, 4.69) is 5.32 Å². The fourth-order valence-electron chi connectivity index (χ4n) is 2.04. The fraction of sp³-hybridized carbons (Fsp3) is 0.417. The molecular weight excluding hydrogens is 240 g/mol. The van der Waals surface area contributed by atoms with Crippen molar-refractivity contribution < 1.29 is 9.90 Å². The summed E-state index contributed by atoms with van der Waals surface area (Å²) in [5.74, 6) is -0.00805. The van der Waals surface area contributed by atoms with E-state index in [1.54, 1.807) is 12.1 Å². The molecule has 1 heterocycles. The number of anilines is 1. The van der Waals surface area contributed by atoms with E-state index < -0.39 is 0 Å². The van der Waals surface area contributed by atoms with Gasteiger partial charge in [-0.1, -0.05) is 23.7 Å². The lowest BCUT2D eigenvalue weighted by Crippen LogP contribution is -2.33. The smallest absolute Gasteiger partial charge is 0.239 e. The molecule has 0 bridgehead atoms. The van der Waals surface area contributed by atoms with Gasteiger partial charge in [-0.15, -0.1) is 0 Å². The first-order valence-electron chi connectivity index (χ1n) is 5.62. The summed E-state index contributed by atoms with van der Waals surface area (Å²) < 4.78 is 0. The van der Waals surface area contributed by atoms with E-state index >= 15 is 0 Å². The molecule has 1 fully saturated rings. The first kappa shape index (κ1) is 12.2. The zero-order valence-corrected chi connectivity index (χ0v) is 10.2. The molecule has 92 valence electrons. The van der Waals surface area contributed by atoms with Gasteiger partial charge in [-0.3, -0.25) is 4.79 Å². The van der Waals surface area contributed by atoms with Crippen LogP contribution in [0.4, 0.5) is 5.69 Å². The van der Waals surface area contributed by atoms with Gasteiger partial charge in [0.15, 0.2) is 0 Å². The number of para-hydroxylation sites is 1. The number of halogens is 1. The second-order valence-electron chi connectivity index (χ2n) is 4.03. The number of carbonyl (C=O) groups excluding carboxylic acids is 1. The van der Waals surface area contributed by atoms with Crippen molar-refractivity contribution in [1.82, 2.24) is 5.32 Å². The molecule has 0 radical (unpaired) electrons.